The van der Waals surface area contributed by atoms with Gasteiger partial charge >= 0.3 is 0 Å². The van der Waals surface area contributed by atoms with E-state index in [0.29, 0.717) is 0 Å². The molecule has 1 amide bonds. The number of hydrogen-bond donors (Lipinski definition) is 3. The van der Waals surface area contributed by atoms with Crippen LogP contribution in [0.5, 0.6) is 0 Å². The van der Waals surface area contributed by atoms with Gasteiger partial charge in [0.25, 0.3) is 5.91 Å². The van der Waals surface area contributed by atoms with Gasteiger partial charge in [-0.1, -0.05) is 6.92 Å². The number of hydrogen-bond acceptors (Lipinski definition) is 4. The molecule has 0 spiro atoms. The summed E-state index contributed by atoms with van der Waals surface area (Å²) in [4.78, 5) is 18.8. The quantitative estimate of drug-likeness (QED) is 0.748. The largest absolute Gasteiger partial charge is 0.374 e. The Kier molecular flexibility index (Phi) is 4.77. The molecule has 1 aromatic heterocycles. The molecule has 1 fully saturated rings. The van der Waals surface area contributed by atoms with E-state index < -0.39 is 5.91 Å². The van der Waals surface area contributed by atoms with Crippen LogP contribution in [0.15, 0.2) is 0 Å². The molecule has 2 rings (SSSR count). The van der Waals surface area contributed by atoms with Gasteiger partial charge in [-0.2, -0.15) is 0 Å². The maximum Gasteiger partial charge on any atom is 0.284 e. The third kappa shape index (κ3) is 3.19. The Hall–Kier alpha value is -1.40. The summed E-state index contributed by atoms with van der Waals surface area (Å²) in [5, 5.41) is 3.35. The lowest BCUT2D eigenvalue weighted by Gasteiger charge is -2.33. The molecule has 2 atom stereocenters. The number of aromatic nitrogens is 2. The van der Waals surface area contributed by atoms with Crippen LogP contribution in [0, 0.1) is 0 Å². The second-order valence-corrected chi connectivity index (χ2v) is 5.49. The highest BCUT2D eigenvalue weighted by Gasteiger charge is 2.32. The fourth-order valence-corrected chi connectivity index (χ4v) is 2.75. The van der Waals surface area contributed by atoms with E-state index in [1.54, 1.807) is 0 Å². The zero-order chi connectivity index (χ0) is 14.7. The lowest BCUT2D eigenvalue weighted by Crippen LogP contribution is -2.42. The van der Waals surface area contributed by atoms with E-state index in [2.05, 4.69) is 15.3 Å². The number of aromatic amines is 1. The molecule has 0 aromatic carbocycles. The van der Waals surface area contributed by atoms with E-state index in [9.17, 15) is 4.79 Å². The Morgan fingerprint density at radius 3 is 2.90 bits per heavy atom. The zero-order valence-electron chi connectivity index (χ0n) is 12.4. The van der Waals surface area contributed by atoms with Gasteiger partial charge in [0.2, 0.25) is 0 Å². The van der Waals surface area contributed by atoms with Gasteiger partial charge in [0.05, 0.1) is 17.9 Å². The van der Waals surface area contributed by atoms with Crippen molar-refractivity contribution in [2.45, 2.75) is 51.7 Å². The number of piperidine rings is 1. The van der Waals surface area contributed by atoms with Crippen LogP contribution in [-0.2, 0) is 11.2 Å². The molecule has 1 aliphatic heterocycles. The van der Waals surface area contributed by atoms with E-state index in [1.807, 2.05) is 20.8 Å². The second kappa shape index (κ2) is 6.37. The molecule has 0 radical (unpaired) electrons. The molecule has 2 heterocycles. The number of imidazole rings is 1. The van der Waals surface area contributed by atoms with Gasteiger partial charge < -0.3 is 20.8 Å². The standard InChI is InChI=1S/C14H24N4O2/c1-4-10-12(18-14(17-10)13(15)19)9-5-6-16-7-11(9)20-8(2)3/h8-9,11,16H,4-7H2,1-3H3,(H2,15,19)(H,17,18). The SMILES string of the molecule is CCc1[nH]c(C(N)=O)nc1C1CCNCC1OC(C)C. The molecule has 6 heteroatoms. The number of aryl methyl sites for hydroxylation is 1. The van der Waals surface area contributed by atoms with Crippen molar-refractivity contribution in [3.63, 3.8) is 0 Å². The van der Waals surface area contributed by atoms with Crippen molar-refractivity contribution < 1.29 is 9.53 Å². The van der Waals surface area contributed by atoms with Crippen molar-refractivity contribution in [3.05, 3.63) is 17.2 Å². The molecule has 0 bridgehead atoms. The molecular formula is C14H24N4O2. The lowest BCUT2D eigenvalue weighted by atomic mass is 9.90. The van der Waals surface area contributed by atoms with Crippen molar-refractivity contribution in [2.24, 2.45) is 5.73 Å². The van der Waals surface area contributed by atoms with Crippen LogP contribution in [0.1, 0.15) is 55.1 Å². The molecule has 1 aromatic rings. The first kappa shape index (κ1) is 15.0. The van der Waals surface area contributed by atoms with Crippen molar-refractivity contribution in [2.75, 3.05) is 13.1 Å². The average Bonchev–Trinajstić information content (AvgIpc) is 2.83. The van der Waals surface area contributed by atoms with E-state index in [-0.39, 0.29) is 24.0 Å². The number of nitrogens with two attached hydrogens (primary N) is 1. The first-order valence-corrected chi connectivity index (χ1v) is 7.27. The summed E-state index contributed by atoms with van der Waals surface area (Å²) in [6.07, 6.45) is 2.00. The number of carbonyl (C=O) groups excluding carboxylic acids is 1. The van der Waals surface area contributed by atoms with Crippen molar-refractivity contribution >= 4 is 5.91 Å². The van der Waals surface area contributed by atoms with E-state index in [1.165, 1.54) is 0 Å². The zero-order valence-corrected chi connectivity index (χ0v) is 12.4. The Morgan fingerprint density at radius 2 is 2.30 bits per heavy atom. The van der Waals surface area contributed by atoms with Crippen LogP contribution in [0.25, 0.3) is 0 Å². The van der Waals surface area contributed by atoms with Crippen LogP contribution in [0.3, 0.4) is 0 Å². The summed E-state index contributed by atoms with van der Waals surface area (Å²) in [6.45, 7) is 7.86. The Bertz CT molecular complexity index is 470. The van der Waals surface area contributed by atoms with Crippen molar-refractivity contribution in [1.29, 1.82) is 0 Å². The number of nitrogens with one attached hydrogen (secondary N) is 2. The molecule has 0 aliphatic carbocycles. The molecule has 4 N–H and O–H groups in total. The molecular weight excluding hydrogens is 256 g/mol. The number of H-pyrrole nitrogens is 1. The number of rotatable bonds is 5. The first-order chi connectivity index (χ1) is 9.52. The Morgan fingerprint density at radius 1 is 1.55 bits per heavy atom. The van der Waals surface area contributed by atoms with Gasteiger partial charge in [0, 0.05) is 18.2 Å². The number of nitrogens with zero attached hydrogens (tertiary/aromatic N) is 1. The van der Waals surface area contributed by atoms with Crippen LogP contribution < -0.4 is 11.1 Å². The number of amides is 1. The molecule has 20 heavy (non-hydrogen) atoms. The number of ether oxygens (including phenoxy) is 1. The van der Waals surface area contributed by atoms with Crippen molar-refractivity contribution in [1.82, 2.24) is 15.3 Å². The fourth-order valence-electron chi connectivity index (χ4n) is 2.75. The van der Waals surface area contributed by atoms with E-state index in [0.717, 1.165) is 37.3 Å². The Balaban J connectivity index is 2.28. The predicted octanol–water partition coefficient (Wildman–Crippen LogP) is 0.942. The lowest BCUT2D eigenvalue weighted by molar-refractivity contribution is -0.0178. The van der Waals surface area contributed by atoms with Crippen molar-refractivity contribution in [3.8, 4) is 0 Å². The minimum Gasteiger partial charge on any atom is -0.374 e. The summed E-state index contributed by atoms with van der Waals surface area (Å²) >= 11 is 0. The third-order valence-electron chi connectivity index (χ3n) is 3.62. The summed E-state index contributed by atoms with van der Waals surface area (Å²) in [6, 6.07) is 0. The third-order valence-corrected chi connectivity index (χ3v) is 3.62. The maximum absolute atomic E-state index is 11.3. The summed E-state index contributed by atoms with van der Waals surface area (Å²) in [5.41, 5.74) is 7.25. The van der Waals surface area contributed by atoms with Gasteiger partial charge in [-0.05, 0) is 33.2 Å². The van der Waals surface area contributed by atoms with Gasteiger partial charge in [-0.15, -0.1) is 0 Å². The summed E-state index contributed by atoms with van der Waals surface area (Å²) < 4.78 is 5.99. The second-order valence-electron chi connectivity index (χ2n) is 5.49. The van der Waals surface area contributed by atoms with Gasteiger partial charge in [-0.3, -0.25) is 4.79 Å². The first-order valence-electron chi connectivity index (χ1n) is 7.27. The van der Waals surface area contributed by atoms with E-state index >= 15 is 0 Å². The van der Waals surface area contributed by atoms with Crippen LogP contribution in [0.2, 0.25) is 0 Å². The van der Waals surface area contributed by atoms with Gasteiger partial charge in [-0.25, -0.2) is 4.98 Å². The minimum atomic E-state index is -0.513. The highest BCUT2D eigenvalue weighted by Crippen LogP contribution is 2.29. The highest BCUT2D eigenvalue weighted by atomic mass is 16.5. The molecule has 1 aliphatic rings. The topological polar surface area (TPSA) is 93.0 Å². The maximum atomic E-state index is 11.3. The van der Waals surface area contributed by atoms with Gasteiger partial charge in [0.1, 0.15) is 0 Å². The number of primary amides is 1. The molecule has 0 saturated carbocycles. The highest BCUT2D eigenvalue weighted by molar-refractivity contribution is 5.89. The van der Waals surface area contributed by atoms with Crippen LogP contribution >= 0.6 is 0 Å². The molecule has 1 saturated heterocycles. The summed E-state index contributed by atoms with van der Waals surface area (Å²) in [7, 11) is 0. The van der Waals surface area contributed by atoms with Crippen LogP contribution in [0.4, 0.5) is 0 Å². The molecule has 6 nitrogen and oxygen atoms in total. The smallest absolute Gasteiger partial charge is 0.284 e. The van der Waals surface area contributed by atoms with E-state index in [4.69, 9.17) is 10.5 Å². The fraction of sp³-hybridized carbons (Fsp3) is 0.714. The summed E-state index contributed by atoms with van der Waals surface area (Å²) in [5.74, 6) is -0.0576. The predicted molar refractivity (Wildman–Crippen MR) is 76.7 cm³/mol. The monoisotopic (exact) mass is 280 g/mol. The average molecular weight is 280 g/mol. The van der Waals surface area contributed by atoms with Crippen LogP contribution in [-0.4, -0.2) is 41.2 Å². The van der Waals surface area contributed by atoms with Gasteiger partial charge in [0.15, 0.2) is 5.82 Å². The number of carbonyl (C=O) groups is 1. The Labute approximate surface area is 119 Å². The minimum absolute atomic E-state index is 0.0816. The normalized spacial score (nSPS) is 23.2. The molecule has 2 unspecified atom stereocenters. The molecule has 112 valence electrons.